The van der Waals surface area contributed by atoms with Crippen molar-refractivity contribution in [1.29, 1.82) is 0 Å². The minimum Gasteiger partial charge on any atom is -0.388 e. The lowest BCUT2D eigenvalue weighted by atomic mass is 9.93. The predicted molar refractivity (Wildman–Crippen MR) is 124 cm³/mol. The zero-order chi connectivity index (χ0) is 19.5. The molecule has 0 aliphatic rings. The van der Waals surface area contributed by atoms with Crippen LogP contribution in [-0.2, 0) is 6.54 Å². The zero-order valence-electron chi connectivity index (χ0n) is 17.1. The molecule has 2 aromatic rings. The minimum atomic E-state index is -0.681. The smallest absolute Gasteiger partial charge is 0.191 e. The first-order chi connectivity index (χ1) is 13.1. The number of aromatic nitrogens is 3. The third kappa shape index (κ3) is 7.75. The van der Waals surface area contributed by atoms with E-state index >= 15 is 0 Å². The van der Waals surface area contributed by atoms with Crippen LogP contribution >= 0.6 is 24.0 Å². The molecule has 0 fully saturated rings. The summed E-state index contributed by atoms with van der Waals surface area (Å²) >= 11 is 0. The number of benzene rings is 1. The van der Waals surface area contributed by atoms with E-state index in [4.69, 9.17) is 0 Å². The Hall–Kier alpha value is -1.68. The van der Waals surface area contributed by atoms with Crippen LogP contribution in [0.3, 0.4) is 0 Å². The molecule has 0 bridgehead atoms. The van der Waals surface area contributed by atoms with E-state index in [0.29, 0.717) is 13.1 Å². The Morgan fingerprint density at radius 2 is 1.79 bits per heavy atom. The second-order valence-electron chi connectivity index (χ2n) is 6.78. The summed E-state index contributed by atoms with van der Waals surface area (Å²) in [6, 6.07) is 8.07. The molecule has 1 aromatic carbocycles. The van der Waals surface area contributed by atoms with Crippen molar-refractivity contribution in [3.8, 4) is 5.69 Å². The Balaban J connectivity index is 0.00000392. The fourth-order valence-corrected chi connectivity index (χ4v) is 3.09. The SMILES string of the molecule is CCCC(O)(CCC)CNC(=NCc1ccc(-n2cncn2)cc1)NCC.I. The van der Waals surface area contributed by atoms with Crippen molar-refractivity contribution >= 4 is 29.9 Å². The Morgan fingerprint density at radius 3 is 2.32 bits per heavy atom. The Bertz CT molecular complexity index is 681. The number of nitrogens with one attached hydrogen (secondary N) is 2. The number of guanidine groups is 1. The fraction of sp³-hybridized carbons (Fsp3) is 0.550. The van der Waals surface area contributed by atoms with Gasteiger partial charge in [-0.15, -0.1) is 24.0 Å². The lowest BCUT2D eigenvalue weighted by Gasteiger charge is -2.28. The second-order valence-corrected chi connectivity index (χ2v) is 6.78. The Kier molecular flexibility index (Phi) is 11.1. The van der Waals surface area contributed by atoms with Crippen LogP contribution in [0.1, 0.15) is 52.0 Å². The highest BCUT2D eigenvalue weighted by Crippen LogP contribution is 2.18. The van der Waals surface area contributed by atoms with Crippen molar-refractivity contribution in [1.82, 2.24) is 25.4 Å². The molecule has 0 radical (unpaired) electrons. The molecule has 0 unspecified atom stereocenters. The van der Waals surface area contributed by atoms with E-state index in [1.54, 1.807) is 11.0 Å². The van der Waals surface area contributed by atoms with Gasteiger partial charge < -0.3 is 15.7 Å². The van der Waals surface area contributed by atoms with Crippen LogP contribution < -0.4 is 10.6 Å². The van der Waals surface area contributed by atoms with Gasteiger partial charge in [0.25, 0.3) is 0 Å². The van der Waals surface area contributed by atoms with E-state index in [2.05, 4.69) is 39.6 Å². The molecule has 28 heavy (non-hydrogen) atoms. The van der Waals surface area contributed by atoms with E-state index in [1.165, 1.54) is 6.33 Å². The summed E-state index contributed by atoms with van der Waals surface area (Å²) in [4.78, 5) is 8.61. The summed E-state index contributed by atoms with van der Waals surface area (Å²) in [5, 5.41) is 21.5. The third-order valence-corrected chi connectivity index (χ3v) is 4.40. The molecule has 156 valence electrons. The molecule has 0 saturated heterocycles. The lowest BCUT2D eigenvalue weighted by molar-refractivity contribution is 0.0257. The number of hydrogen-bond donors (Lipinski definition) is 3. The predicted octanol–water partition coefficient (Wildman–Crippen LogP) is 3.27. The average Bonchev–Trinajstić information content (AvgIpc) is 3.20. The summed E-state index contributed by atoms with van der Waals surface area (Å²) in [5.41, 5.74) is 1.39. The molecule has 8 heteroatoms. The number of nitrogens with zero attached hydrogens (tertiary/aromatic N) is 4. The van der Waals surface area contributed by atoms with Gasteiger partial charge in [-0.05, 0) is 37.5 Å². The molecule has 0 atom stereocenters. The van der Waals surface area contributed by atoms with Crippen LogP contribution in [0.4, 0.5) is 0 Å². The number of hydrogen-bond acceptors (Lipinski definition) is 4. The van der Waals surface area contributed by atoms with Gasteiger partial charge in [-0.1, -0.05) is 38.8 Å². The summed E-state index contributed by atoms with van der Waals surface area (Å²) in [6.07, 6.45) is 6.70. The standard InChI is InChI=1S/C20H32N6O.HI/c1-4-11-20(27,12-5-2)14-24-19(22-6-3)23-13-17-7-9-18(10-8-17)26-16-21-15-25-26;/h7-10,15-16,27H,4-6,11-14H2,1-3H3,(H2,22,23,24);1H. The van der Waals surface area contributed by atoms with E-state index in [9.17, 15) is 5.11 Å². The van der Waals surface area contributed by atoms with Crippen LogP contribution in [0.2, 0.25) is 0 Å². The maximum absolute atomic E-state index is 10.8. The molecule has 0 amide bonds. The molecule has 7 nitrogen and oxygen atoms in total. The quantitative estimate of drug-likeness (QED) is 0.265. The lowest BCUT2D eigenvalue weighted by Crippen LogP contribution is -2.47. The van der Waals surface area contributed by atoms with Crippen molar-refractivity contribution in [2.24, 2.45) is 4.99 Å². The highest BCUT2D eigenvalue weighted by atomic mass is 127. The van der Waals surface area contributed by atoms with Gasteiger partial charge in [0.1, 0.15) is 12.7 Å². The minimum absolute atomic E-state index is 0. The molecule has 0 saturated carbocycles. The van der Waals surface area contributed by atoms with E-state index in [-0.39, 0.29) is 24.0 Å². The summed E-state index contributed by atoms with van der Waals surface area (Å²) < 4.78 is 1.72. The molecule has 0 aliphatic heterocycles. The molecule has 2 rings (SSSR count). The van der Waals surface area contributed by atoms with Crippen molar-refractivity contribution in [3.63, 3.8) is 0 Å². The first-order valence-corrected chi connectivity index (χ1v) is 9.78. The summed E-state index contributed by atoms with van der Waals surface area (Å²) in [5.74, 6) is 0.725. The number of rotatable bonds is 10. The fourth-order valence-electron chi connectivity index (χ4n) is 3.09. The molecule has 0 spiro atoms. The van der Waals surface area contributed by atoms with Gasteiger partial charge in [0.15, 0.2) is 5.96 Å². The Labute approximate surface area is 185 Å². The largest absolute Gasteiger partial charge is 0.388 e. The first-order valence-electron chi connectivity index (χ1n) is 9.78. The van der Waals surface area contributed by atoms with Crippen molar-refractivity contribution in [2.75, 3.05) is 13.1 Å². The van der Waals surface area contributed by atoms with Crippen molar-refractivity contribution in [3.05, 3.63) is 42.5 Å². The number of aliphatic hydroxyl groups is 1. The molecule has 3 N–H and O–H groups in total. The normalized spacial score (nSPS) is 11.8. The average molecular weight is 500 g/mol. The van der Waals surface area contributed by atoms with Crippen LogP contribution in [0.15, 0.2) is 41.9 Å². The topological polar surface area (TPSA) is 87.4 Å². The Morgan fingerprint density at radius 1 is 1.11 bits per heavy atom. The highest BCUT2D eigenvalue weighted by Gasteiger charge is 2.24. The van der Waals surface area contributed by atoms with E-state index < -0.39 is 5.60 Å². The maximum Gasteiger partial charge on any atom is 0.191 e. The van der Waals surface area contributed by atoms with Crippen molar-refractivity contribution < 1.29 is 5.11 Å². The molecule has 1 heterocycles. The van der Waals surface area contributed by atoms with E-state index in [1.807, 2.05) is 31.2 Å². The van der Waals surface area contributed by atoms with Gasteiger partial charge in [0.05, 0.1) is 17.8 Å². The number of aliphatic imine (C=N–C) groups is 1. The van der Waals surface area contributed by atoms with Gasteiger partial charge in [-0.3, -0.25) is 0 Å². The summed E-state index contributed by atoms with van der Waals surface area (Å²) in [6.45, 7) is 8.08. The van der Waals surface area contributed by atoms with Crippen LogP contribution in [0.5, 0.6) is 0 Å². The third-order valence-electron chi connectivity index (χ3n) is 4.40. The van der Waals surface area contributed by atoms with Gasteiger partial charge in [0.2, 0.25) is 0 Å². The van der Waals surface area contributed by atoms with Crippen LogP contribution in [-0.4, -0.2) is 44.5 Å². The number of halogens is 1. The van der Waals surface area contributed by atoms with Gasteiger partial charge in [0, 0.05) is 13.1 Å². The van der Waals surface area contributed by atoms with Crippen LogP contribution in [0.25, 0.3) is 5.69 Å². The monoisotopic (exact) mass is 500 g/mol. The molecule has 0 aliphatic carbocycles. The zero-order valence-corrected chi connectivity index (χ0v) is 19.4. The van der Waals surface area contributed by atoms with Gasteiger partial charge >= 0.3 is 0 Å². The van der Waals surface area contributed by atoms with Crippen molar-refractivity contribution in [2.45, 2.75) is 58.6 Å². The van der Waals surface area contributed by atoms with Gasteiger partial charge in [-0.25, -0.2) is 14.7 Å². The first kappa shape index (κ1) is 24.4. The van der Waals surface area contributed by atoms with Gasteiger partial charge in [-0.2, -0.15) is 5.10 Å². The molecular weight excluding hydrogens is 467 g/mol. The summed E-state index contributed by atoms with van der Waals surface area (Å²) in [7, 11) is 0. The van der Waals surface area contributed by atoms with E-state index in [0.717, 1.165) is 49.4 Å². The maximum atomic E-state index is 10.8. The molecule has 1 aromatic heterocycles. The second kappa shape index (κ2) is 12.7. The van der Waals surface area contributed by atoms with Crippen LogP contribution in [0, 0.1) is 0 Å². The molecular formula is C20H33IN6O. The highest BCUT2D eigenvalue weighted by molar-refractivity contribution is 14.0.